The summed E-state index contributed by atoms with van der Waals surface area (Å²) >= 11 is 0. The third-order valence-electron chi connectivity index (χ3n) is 3.74. The molecule has 2 aliphatic heterocycles. The second-order valence-electron chi connectivity index (χ2n) is 5.00. The highest BCUT2D eigenvalue weighted by atomic mass is 16.5. The van der Waals surface area contributed by atoms with Crippen molar-refractivity contribution in [3.05, 3.63) is 0 Å². The van der Waals surface area contributed by atoms with Crippen molar-refractivity contribution in [2.75, 3.05) is 54.0 Å². The van der Waals surface area contributed by atoms with E-state index in [0.29, 0.717) is 0 Å². The largest absolute Gasteiger partial charge is 0.395 e. The van der Waals surface area contributed by atoms with E-state index in [-0.39, 0.29) is 51.8 Å². The summed E-state index contributed by atoms with van der Waals surface area (Å²) in [4.78, 5) is 30.6. The van der Waals surface area contributed by atoms with Crippen LogP contribution in [0.3, 0.4) is 0 Å². The number of rotatable bonds is 8. The van der Waals surface area contributed by atoms with Crippen LogP contribution in [0, 0.1) is 0 Å². The maximum Gasteiger partial charge on any atom is 0.325 e. The summed E-state index contributed by atoms with van der Waals surface area (Å²) < 4.78 is 10.1. The van der Waals surface area contributed by atoms with Crippen molar-refractivity contribution in [2.24, 2.45) is 0 Å². The van der Waals surface area contributed by atoms with Gasteiger partial charge in [0.15, 0.2) is 6.17 Å². The molecular formula is C12H22N4O6. The molecule has 10 nitrogen and oxygen atoms in total. The molecule has 10 heteroatoms. The lowest BCUT2D eigenvalue weighted by Crippen LogP contribution is -2.48. The smallest absolute Gasteiger partial charge is 0.325 e. The van der Waals surface area contributed by atoms with E-state index in [9.17, 15) is 19.8 Å². The maximum atomic E-state index is 12.5. The molecule has 0 aromatic carbocycles. The first-order valence-corrected chi connectivity index (χ1v) is 6.96. The normalized spacial score (nSPS) is 24.7. The summed E-state index contributed by atoms with van der Waals surface area (Å²) in [7, 11) is 2.92. The van der Waals surface area contributed by atoms with Crippen LogP contribution < -0.4 is 0 Å². The highest BCUT2D eigenvalue weighted by Gasteiger charge is 2.58. The fourth-order valence-electron chi connectivity index (χ4n) is 2.98. The van der Waals surface area contributed by atoms with Gasteiger partial charge in [-0.1, -0.05) is 0 Å². The number of nitrogens with zero attached hydrogens (tertiary/aromatic N) is 4. The molecule has 2 aliphatic rings. The monoisotopic (exact) mass is 318 g/mol. The van der Waals surface area contributed by atoms with Gasteiger partial charge in [-0.05, 0) is 0 Å². The van der Waals surface area contributed by atoms with E-state index in [2.05, 4.69) is 0 Å². The fraction of sp³-hybridized carbons (Fsp3) is 0.833. The van der Waals surface area contributed by atoms with Crippen molar-refractivity contribution >= 4 is 12.1 Å². The van der Waals surface area contributed by atoms with Gasteiger partial charge < -0.3 is 19.7 Å². The van der Waals surface area contributed by atoms with Crippen molar-refractivity contribution < 1.29 is 29.3 Å². The van der Waals surface area contributed by atoms with Gasteiger partial charge in [0, 0.05) is 27.3 Å². The Balaban J connectivity index is 2.36. The highest BCUT2D eigenvalue weighted by Crippen LogP contribution is 2.34. The lowest BCUT2D eigenvalue weighted by Gasteiger charge is -2.28. The van der Waals surface area contributed by atoms with Gasteiger partial charge in [0.05, 0.1) is 13.2 Å². The van der Waals surface area contributed by atoms with Crippen molar-refractivity contribution in [1.29, 1.82) is 0 Å². The zero-order chi connectivity index (χ0) is 16.3. The van der Waals surface area contributed by atoms with Crippen LogP contribution in [0.25, 0.3) is 0 Å². The molecule has 0 saturated carbocycles. The Morgan fingerprint density at radius 1 is 0.818 bits per heavy atom. The first-order chi connectivity index (χ1) is 10.6. The van der Waals surface area contributed by atoms with E-state index < -0.39 is 12.3 Å². The van der Waals surface area contributed by atoms with Crippen LogP contribution in [-0.4, -0.2) is 108 Å². The van der Waals surface area contributed by atoms with Crippen molar-refractivity contribution in [1.82, 2.24) is 19.6 Å². The molecule has 0 bridgehead atoms. The molecule has 126 valence electrons. The first-order valence-electron chi connectivity index (χ1n) is 6.96. The van der Waals surface area contributed by atoms with Gasteiger partial charge in [0.2, 0.25) is 0 Å². The lowest BCUT2D eigenvalue weighted by atomic mass is 10.3. The molecule has 0 radical (unpaired) electrons. The molecule has 2 heterocycles. The number of aliphatic hydroxyl groups excluding tert-OH is 2. The second-order valence-corrected chi connectivity index (χ2v) is 5.00. The van der Waals surface area contributed by atoms with E-state index in [0.717, 1.165) is 0 Å². The SMILES string of the molecule is COCN1C(=O)N(CCO)C2C1N(COC)C(=O)N2CCO. The van der Waals surface area contributed by atoms with Gasteiger partial charge in [0.1, 0.15) is 19.6 Å². The molecule has 2 saturated heterocycles. The minimum absolute atomic E-state index is 0.0163. The molecule has 0 aromatic heterocycles. The van der Waals surface area contributed by atoms with Crippen LogP contribution in [-0.2, 0) is 9.47 Å². The Labute approximate surface area is 128 Å². The molecule has 2 rings (SSSR count). The lowest BCUT2D eigenvalue weighted by molar-refractivity contribution is -0.00263. The molecule has 4 amide bonds. The van der Waals surface area contributed by atoms with E-state index in [1.165, 1.54) is 33.8 Å². The Morgan fingerprint density at radius 3 is 1.50 bits per heavy atom. The van der Waals surface area contributed by atoms with E-state index in [4.69, 9.17) is 9.47 Å². The van der Waals surface area contributed by atoms with Crippen LogP contribution in [0.15, 0.2) is 0 Å². The van der Waals surface area contributed by atoms with Crippen LogP contribution >= 0.6 is 0 Å². The molecule has 22 heavy (non-hydrogen) atoms. The number of hydrogen-bond acceptors (Lipinski definition) is 6. The van der Waals surface area contributed by atoms with Gasteiger partial charge >= 0.3 is 12.1 Å². The minimum atomic E-state index is -0.593. The number of β-amino-alcohol motifs (C(OH)–C–C–N with tert-alkyl or cyclic N) is 2. The summed E-state index contributed by atoms with van der Waals surface area (Å²) in [6.45, 7) is -0.223. The zero-order valence-corrected chi connectivity index (χ0v) is 12.7. The van der Waals surface area contributed by atoms with Gasteiger partial charge in [-0.2, -0.15) is 0 Å². The van der Waals surface area contributed by atoms with Crippen LogP contribution in [0.4, 0.5) is 9.59 Å². The standard InChI is InChI=1S/C12H22N4O6/c1-21-7-15-10-9(13(3-5-17)11(15)19)14(4-6-18)12(20)16(10)8-22-2/h9-10,17-18H,3-8H2,1-2H3. The number of aliphatic hydroxyl groups is 2. The third-order valence-corrected chi connectivity index (χ3v) is 3.74. The zero-order valence-electron chi connectivity index (χ0n) is 12.7. The number of hydrogen-bond donors (Lipinski definition) is 2. The molecule has 0 aliphatic carbocycles. The Kier molecular flexibility index (Phi) is 5.40. The number of fused-ring (bicyclic) bond motifs is 1. The number of urea groups is 2. The molecular weight excluding hydrogens is 296 g/mol. The fourth-order valence-corrected chi connectivity index (χ4v) is 2.98. The predicted octanol–water partition coefficient (Wildman–Crippen LogP) is -1.69. The maximum absolute atomic E-state index is 12.5. The van der Waals surface area contributed by atoms with Crippen LogP contribution in [0.1, 0.15) is 0 Å². The number of carbonyl (C=O) groups excluding carboxylic acids is 2. The van der Waals surface area contributed by atoms with Gasteiger partial charge in [-0.3, -0.25) is 19.6 Å². The minimum Gasteiger partial charge on any atom is -0.395 e. The summed E-state index contributed by atoms with van der Waals surface area (Å²) in [5.74, 6) is 0. The Bertz CT molecular complexity index is 352. The van der Waals surface area contributed by atoms with Crippen molar-refractivity contribution in [3.63, 3.8) is 0 Å². The number of amides is 4. The topological polar surface area (TPSA) is 106 Å². The van der Waals surface area contributed by atoms with Gasteiger partial charge in [-0.15, -0.1) is 0 Å². The number of carbonyl (C=O) groups is 2. The number of methoxy groups -OCH3 is 2. The number of ether oxygens (including phenoxy) is 2. The summed E-state index contributed by atoms with van der Waals surface area (Å²) in [6, 6.07) is -0.662. The van der Waals surface area contributed by atoms with Crippen LogP contribution in [0.2, 0.25) is 0 Å². The van der Waals surface area contributed by atoms with Gasteiger partial charge in [0.25, 0.3) is 0 Å². The Morgan fingerprint density at radius 2 is 1.18 bits per heavy atom. The highest BCUT2D eigenvalue weighted by molar-refractivity contribution is 5.85. The first kappa shape index (κ1) is 16.7. The van der Waals surface area contributed by atoms with E-state index in [1.54, 1.807) is 0 Å². The summed E-state index contributed by atoms with van der Waals surface area (Å²) in [6.07, 6.45) is -1.18. The molecule has 2 fully saturated rings. The van der Waals surface area contributed by atoms with E-state index in [1.807, 2.05) is 0 Å². The summed E-state index contributed by atoms with van der Waals surface area (Å²) in [5.41, 5.74) is 0. The average molecular weight is 318 g/mol. The van der Waals surface area contributed by atoms with Crippen molar-refractivity contribution in [3.8, 4) is 0 Å². The average Bonchev–Trinajstić information content (AvgIpc) is 2.90. The van der Waals surface area contributed by atoms with Gasteiger partial charge in [-0.25, -0.2) is 9.59 Å². The molecule has 0 spiro atoms. The van der Waals surface area contributed by atoms with Crippen molar-refractivity contribution in [2.45, 2.75) is 12.3 Å². The predicted molar refractivity (Wildman–Crippen MR) is 73.4 cm³/mol. The Hall–Kier alpha value is -1.62. The second kappa shape index (κ2) is 7.09. The molecule has 0 aromatic rings. The molecule has 2 N–H and O–H groups in total. The van der Waals surface area contributed by atoms with E-state index >= 15 is 0 Å². The molecule has 0 atom stereocenters. The quantitative estimate of drug-likeness (QED) is 0.553. The molecule has 0 unspecified atom stereocenters. The third kappa shape index (κ3) is 2.58. The summed E-state index contributed by atoms with van der Waals surface area (Å²) in [5, 5.41) is 18.4. The van der Waals surface area contributed by atoms with Crippen LogP contribution in [0.5, 0.6) is 0 Å².